The third kappa shape index (κ3) is 5.41. The minimum atomic E-state index is -2.83. The summed E-state index contributed by atoms with van der Waals surface area (Å²) in [6, 6.07) is 0. The summed E-state index contributed by atoms with van der Waals surface area (Å²) >= 11 is 0. The van der Waals surface area contributed by atoms with Crippen LogP contribution in [0.2, 0.25) is 0 Å². The summed E-state index contributed by atoms with van der Waals surface area (Å²) in [7, 11) is -2.83. The number of imidazole rings is 1. The third-order valence-corrected chi connectivity index (χ3v) is 4.99. The summed E-state index contributed by atoms with van der Waals surface area (Å²) in [4.78, 5) is 9.19. The lowest BCUT2D eigenvalue weighted by atomic mass is 10.3. The van der Waals surface area contributed by atoms with Gasteiger partial charge in [-0.1, -0.05) is 0 Å². The molecular weight excluding hydrogens is 288 g/mol. The van der Waals surface area contributed by atoms with Gasteiger partial charge < -0.3 is 9.47 Å². The van der Waals surface area contributed by atoms with E-state index in [0.29, 0.717) is 5.75 Å². The van der Waals surface area contributed by atoms with Crippen molar-refractivity contribution in [3.63, 3.8) is 0 Å². The summed E-state index contributed by atoms with van der Waals surface area (Å²) in [6.07, 6.45) is 5.93. The summed E-state index contributed by atoms with van der Waals surface area (Å²) in [5.74, 6) is 1.42. The van der Waals surface area contributed by atoms with Gasteiger partial charge in [0, 0.05) is 51.4 Å². The Labute approximate surface area is 127 Å². The minimum absolute atomic E-state index is 0.293. The fourth-order valence-corrected chi connectivity index (χ4v) is 3.35. The van der Waals surface area contributed by atoms with Crippen molar-refractivity contribution in [3.8, 4) is 0 Å². The van der Waals surface area contributed by atoms with E-state index in [4.69, 9.17) is 0 Å². The molecule has 0 amide bonds. The van der Waals surface area contributed by atoms with Crippen molar-refractivity contribution in [2.75, 3.05) is 44.7 Å². The Morgan fingerprint density at radius 2 is 1.86 bits per heavy atom. The standard InChI is InChI=1S/C14H26N4O2S/c1-3-18-7-5-15-14(18)13-17-10-8-16(9-11-17)6-4-12-21(2,19)20/h5,7H,3-4,6,8-13H2,1-2H3. The first-order chi connectivity index (χ1) is 9.98. The van der Waals surface area contributed by atoms with Gasteiger partial charge in [0.15, 0.2) is 0 Å². The van der Waals surface area contributed by atoms with Gasteiger partial charge in [-0.25, -0.2) is 13.4 Å². The highest BCUT2D eigenvalue weighted by Crippen LogP contribution is 2.08. The quantitative estimate of drug-likeness (QED) is 0.731. The van der Waals surface area contributed by atoms with Crippen molar-refractivity contribution < 1.29 is 8.42 Å². The zero-order valence-corrected chi connectivity index (χ0v) is 13.8. The Morgan fingerprint density at radius 1 is 1.19 bits per heavy atom. The number of piperazine rings is 1. The minimum Gasteiger partial charge on any atom is -0.334 e. The maximum Gasteiger partial charge on any atom is 0.147 e. The summed E-state index contributed by atoms with van der Waals surface area (Å²) in [5, 5.41) is 0. The van der Waals surface area contributed by atoms with Gasteiger partial charge in [-0.05, 0) is 19.9 Å². The van der Waals surface area contributed by atoms with Crippen LogP contribution < -0.4 is 0 Å². The molecule has 0 spiro atoms. The molecule has 7 heteroatoms. The molecule has 0 aliphatic carbocycles. The SMILES string of the molecule is CCn1ccnc1CN1CCN(CCCS(C)(=O)=O)CC1. The van der Waals surface area contributed by atoms with Crippen LogP contribution in [0.4, 0.5) is 0 Å². The van der Waals surface area contributed by atoms with Crippen molar-refractivity contribution in [2.45, 2.75) is 26.4 Å². The maximum atomic E-state index is 11.1. The molecule has 1 aromatic rings. The van der Waals surface area contributed by atoms with E-state index in [1.807, 2.05) is 12.4 Å². The molecule has 1 fully saturated rings. The number of sulfone groups is 1. The highest BCUT2D eigenvalue weighted by molar-refractivity contribution is 7.90. The molecule has 1 aliphatic heterocycles. The van der Waals surface area contributed by atoms with E-state index in [1.54, 1.807) is 0 Å². The first kappa shape index (κ1) is 16.5. The third-order valence-electron chi connectivity index (χ3n) is 3.96. The molecule has 0 atom stereocenters. The van der Waals surface area contributed by atoms with Crippen molar-refractivity contribution in [1.82, 2.24) is 19.4 Å². The predicted octanol–water partition coefficient (Wildman–Crippen LogP) is 0.455. The summed E-state index contributed by atoms with van der Waals surface area (Å²) in [5.41, 5.74) is 0. The van der Waals surface area contributed by atoms with Crippen molar-refractivity contribution in [3.05, 3.63) is 18.2 Å². The maximum absolute atomic E-state index is 11.1. The van der Waals surface area contributed by atoms with Crippen molar-refractivity contribution in [1.29, 1.82) is 0 Å². The lowest BCUT2D eigenvalue weighted by molar-refractivity contribution is 0.124. The molecule has 1 aromatic heterocycles. The van der Waals surface area contributed by atoms with E-state index < -0.39 is 9.84 Å². The van der Waals surface area contributed by atoms with Crippen molar-refractivity contribution in [2.24, 2.45) is 0 Å². The molecule has 1 saturated heterocycles. The number of nitrogens with zero attached hydrogens (tertiary/aromatic N) is 4. The number of hydrogen-bond donors (Lipinski definition) is 0. The van der Waals surface area contributed by atoms with Crippen LogP contribution in [0.1, 0.15) is 19.2 Å². The molecule has 2 heterocycles. The second kappa shape index (κ2) is 7.38. The molecular formula is C14H26N4O2S. The Balaban J connectivity index is 1.71. The van der Waals surface area contributed by atoms with Crippen LogP contribution in [0.25, 0.3) is 0 Å². The van der Waals surface area contributed by atoms with Crippen LogP contribution in [-0.2, 0) is 22.9 Å². The van der Waals surface area contributed by atoms with E-state index in [-0.39, 0.29) is 0 Å². The van der Waals surface area contributed by atoms with Crippen LogP contribution in [0.15, 0.2) is 12.4 Å². The molecule has 0 radical (unpaired) electrons. The number of hydrogen-bond acceptors (Lipinski definition) is 5. The molecule has 120 valence electrons. The van der Waals surface area contributed by atoms with Gasteiger partial charge >= 0.3 is 0 Å². The van der Waals surface area contributed by atoms with Crippen molar-refractivity contribution >= 4 is 9.84 Å². The molecule has 0 aromatic carbocycles. The zero-order valence-electron chi connectivity index (χ0n) is 13.0. The van der Waals surface area contributed by atoms with E-state index in [0.717, 1.165) is 58.1 Å². The van der Waals surface area contributed by atoms with Gasteiger partial charge in [-0.15, -0.1) is 0 Å². The van der Waals surface area contributed by atoms with Crippen LogP contribution in [0, 0.1) is 0 Å². The molecule has 0 unspecified atom stereocenters. The number of rotatable bonds is 7. The van der Waals surface area contributed by atoms with Gasteiger partial charge in [0.1, 0.15) is 15.7 Å². The fourth-order valence-electron chi connectivity index (χ4n) is 2.70. The van der Waals surface area contributed by atoms with E-state index in [9.17, 15) is 8.42 Å². The average Bonchev–Trinajstić information content (AvgIpc) is 2.86. The van der Waals surface area contributed by atoms with E-state index in [2.05, 4.69) is 26.3 Å². The zero-order chi connectivity index (χ0) is 15.3. The summed E-state index contributed by atoms with van der Waals surface area (Å²) < 4.78 is 24.4. The Morgan fingerprint density at radius 3 is 2.48 bits per heavy atom. The Kier molecular flexibility index (Phi) is 5.78. The van der Waals surface area contributed by atoms with Gasteiger partial charge in [0.2, 0.25) is 0 Å². The molecule has 0 saturated carbocycles. The first-order valence-electron chi connectivity index (χ1n) is 7.60. The normalized spacial score (nSPS) is 18.2. The van der Waals surface area contributed by atoms with Crippen LogP contribution in [0.3, 0.4) is 0 Å². The molecule has 0 bridgehead atoms. The topological polar surface area (TPSA) is 58.4 Å². The van der Waals surface area contributed by atoms with Gasteiger partial charge in [0.25, 0.3) is 0 Å². The molecule has 0 N–H and O–H groups in total. The molecule has 2 rings (SSSR count). The Bertz CT molecular complexity index is 533. The van der Waals surface area contributed by atoms with E-state index >= 15 is 0 Å². The average molecular weight is 314 g/mol. The molecule has 6 nitrogen and oxygen atoms in total. The largest absolute Gasteiger partial charge is 0.334 e. The van der Waals surface area contributed by atoms with Gasteiger partial charge in [0.05, 0.1) is 12.3 Å². The monoisotopic (exact) mass is 314 g/mol. The van der Waals surface area contributed by atoms with Gasteiger partial charge in [-0.3, -0.25) is 4.90 Å². The lowest BCUT2D eigenvalue weighted by Gasteiger charge is -2.34. The second-order valence-electron chi connectivity index (χ2n) is 5.73. The number of aromatic nitrogens is 2. The number of aryl methyl sites for hydroxylation is 1. The molecule has 21 heavy (non-hydrogen) atoms. The predicted molar refractivity (Wildman–Crippen MR) is 83.9 cm³/mol. The van der Waals surface area contributed by atoms with E-state index in [1.165, 1.54) is 6.26 Å². The highest BCUT2D eigenvalue weighted by Gasteiger charge is 2.18. The summed E-state index contributed by atoms with van der Waals surface area (Å²) in [6.45, 7) is 8.94. The van der Waals surface area contributed by atoms with Crippen LogP contribution >= 0.6 is 0 Å². The van der Waals surface area contributed by atoms with Gasteiger partial charge in [-0.2, -0.15) is 0 Å². The highest BCUT2D eigenvalue weighted by atomic mass is 32.2. The van der Waals surface area contributed by atoms with Crippen LogP contribution in [-0.4, -0.2) is 72.5 Å². The Hall–Kier alpha value is -0.920. The first-order valence-corrected chi connectivity index (χ1v) is 9.66. The fraction of sp³-hybridized carbons (Fsp3) is 0.786. The second-order valence-corrected chi connectivity index (χ2v) is 7.99. The molecule has 1 aliphatic rings. The smallest absolute Gasteiger partial charge is 0.147 e. The van der Waals surface area contributed by atoms with Crippen LogP contribution in [0.5, 0.6) is 0 Å². The lowest BCUT2D eigenvalue weighted by Crippen LogP contribution is -2.46.